The molecule has 0 radical (unpaired) electrons. The van der Waals surface area contributed by atoms with Crippen LogP contribution in [0.25, 0.3) is 33.4 Å². The fourth-order valence-electron chi connectivity index (χ4n) is 9.94. The molecule has 84 heavy (non-hydrogen) atoms. The maximum Gasteiger partial charge on any atom is 0.253 e. The molecule has 0 spiro atoms. The Bertz CT molecular complexity index is 3160. The average Bonchev–Trinajstić information content (AvgIpc) is 1.98. The highest BCUT2D eigenvalue weighted by Gasteiger charge is 2.54. The number of rotatable bonds is 22. The van der Waals surface area contributed by atoms with Crippen molar-refractivity contribution in [1.29, 1.82) is 0 Å². The fourth-order valence-corrected chi connectivity index (χ4v) is 9.94. The molecule has 1 aliphatic carbocycles. The van der Waals surface area contributed by atoms with E-state index in [0.717, 1.165) is 11.0 Å². The number of hydrogen-bond acceptors (Lipinski definition) is 23. The minimum atomic E-state index is -2.00. The van der Waals surface area contributed by atoms with Crippen molar-refractivity contribution in [3.05, 3.63) is 101 Å². The van der Waals surface area contributed by atoms with Crippen LogP contribution in [0.5, 0.6) is 0 Å². The lowest BCUT2D eigenvalue weighted by Crippen LogP contribution is -2.67. The number of hydrogen-bond donors (Lipinski definition) is 12. The second kappa shape index (κ2) is 28.0. The maximum absolute atomic E-state index is 13.5. The van der Waals surface area contributed by atoms with Crippen LogP contribution in [0.3, 0.4) is 0 Å². The number of para-hydroxylation sites is 1. The Hall–Kier alpha value is -6.77. The van der Waals surface area contributed by atoms with Crippen molar-refractivity contribution in [3.63, 3.8) is 0 Å². The molecule has 456 valence electrons. The molecule has 3 amide bonds. The van der Waals surface area contributed by atoms with Crippen LogP contribution >= 0.6 is 0 Å². The molecule has 0 unspecified atom stereocenters. The molecule has 27 nitrogen and oxygen atoms in total. The third-order valence-corrected chi connectivity index (χ3v) is 14.7. The van der Waals surface area contributed by atoms with Crippen molar-refractivity contribution in [1.82, 2.24) is 20.5 Å². The number of fused-ring (bicyclic) bond motifs is 2. The lowest BCUT2D eigenvalue weighted by molar-refractivity contribution is -0.390. The number of aliphatic hydroxyl groups is 8. The predicted molar refractivity (Wildman–Crippen MR) is 295 cm³/mol. The third kappa shape index (κ3) is 14.3. The zero-order valence-corrected chi connectivity index (χ0v) is 46.7. The Morgan fingerprint density at radius 2 is 1.35 bits per heavy atom. The lowest BCUT2D eigenvalue weighted by Gasteiger charge is -2.49. The topological polar surface area (TPSA) is 399 Å². The van der Waals surface area contributed by atoms with Gasteiger partial charge in [-0.25, -0.2) is 4.58 Å². The molecule has 13 N–H and O–H groups in total. The Kier molecular flexibility index (Phi) is 21.1. The molecule has 27 heteroatoms. The summed E-state index contributed by atoms with van der Waals surface area (Å²) in [5.74, 6) is -2.75. The van der Waals surface area contributed by atoms with E-state index in [1.165, 1.54) is 31.2 Å². The van der Waals surface area contributed by atoms with E-state index in [9.17, 15) is 65.1 Å². The Balaban J connectivity index is 0.904. The highest BCUT2D eigenvalue weighted by Crippen LogP contribution is 2.42. The molecule has 3 fully saturated rings. The highest BCUT2D eigenvalue weighted by atomic mass is 16.8. The standard InChI is InChI=1S/C57H72N6O21/c1-27-43(66)46(69)48(71)55(79-27)84-51-50(83-56-49(72)47(70)44(67)40(82-56)26-77-21-19-61-53(74)32-8-6-7-9-36(32)58)45(68)39(25-64)81-57(51)78-20-16-41(65)59-17-18-60-52(73)28-10-13-31(35(22-28)54(75)76)42-33-14-11-29(62(2)3)23-37(33)80-38-24-30(63(4)5)12-15-34(38)42/h6-15,22-24,27,39-40,43-51,55-57,64,66-72H,16-21,25-26H2,1-5H3,(H5-,58,59,60,61,65,73,74,75,76)/t27-,39+,40+,43+,44-,45-,46+,47-,48-,49+,50-,51+,55-,56+,57+/m0/s1. The largest absolute Gasteiger partial charge is 0.545 e. The van der Waals surface area contributed by atoms with Crippen molar-refractivity contribution in [3.8, 4) is 22.5 Å². The second-order valence-electron chi connectivity index (χ2n) is 20.9. The van der Waals surface area contributed by atoms with Gasteiger partial charge in [-0.1, -0.05) is 18.2 Å². The maximum atomic E-state index is 13.5. The number of carboxylic acid groups (broad SMARTS) is 1. The van der Waals surface area contributed by atoms with E-state index < -0.39 is 136 Å². The number of benzene rings is 4. The first kappa shape index (κ1) is 63.3. The minimum Gasteiger partial charge on any atom is -0.545 e. The normalized spacial score (nSPS) is 27.9. The van der Waals surface area contributed by atoms with E-state index in [2.05, 4.69) is 16.0 Å². The molecule has 3 aromatic carbocycles. The smallest absolute Gasteiger partial charge is 0.253 e. The van der Waals surface area contributed by atoms with Crippen LogP contribution in [0.2, 0.25) is 0 Å². The molecule has 3 aromatic rings. The van der Waals surface area contributed by atoms with Crippen molar-refractivity contribution in [2.45, 2.75) is 105 Å². The number of ether oxygens (including phenoxy) is 7. The van der Waals surface area contributed by atoms with E-state index >= 15 is 0 Å². The summed E-state index contributed by atoms with van der Waals surface area (Å²) in [4.78, 5) is 54.0. The van der Waals surface area contributed by atoms with Crippen LogP contribution in [0.1, 0.15) is 44.4 Å². The van der Waals surface area contributed by atoms with Gasteiger partial charge in [0.25, 0.3) is 11.8 Å². The summed E-state index contributed by atoms with van der Waals surface area (Å²) in [5.41, 5.74) is 8.96. The van der Waals surface area contributed by atoms with E-state index in [1.807, 2.05) is 74.1 Å². The van der Waals surface area contributed by atoms with Gasteiger partial charge < -0.3 is 115 Å². The van der Waals surface area contributed by atoms with Gasteiger partial charge in [0.1, 0.15) is 92.6 Å². The molecule has 4 aliphatic heterocycles. The van der Waals surface area contributed by atoms with Gasteiger partial charge in [0, 0.05) is 84.9 Å². The molecular formula is C57H72N6O21. The molecular weight excluding hydrogens is 1100 g/mol. The number of carbonyl (C=O) groups excluding carboxylic acids is 4. The Labute approximate surface area is 481 Å². The van der Waals surface area contributed by atoms with E-state index in [1.54, 1.807) is 18.2 Å². The van der Waals surface area contributed by atoms with Gasteiger partial charge in [-0.2, -0.15) is 0 Å². The molecule has 0 saturated carbocycles. The number of nitrogen functional groups attached to an aromatic ring is 1. The first-order chi connectivity index (χ1) is 40.1. The van der Waals surface area contributed by atoms with Gasteiger partial charge in [0.15, 0.2) is 18.9 Å². The van der Waals surface area contributed by atoms with Gasteiger partial charge in [0.2, 0.25) is 11.3 Å². The van der Waals surface area contributed by atoms with Crippen LogP contribution in [0, 0.1) is 0 Å². The first-order valence-electron chi connectivity index (χ1n) is 27.1. The fraction of sp³-hybridized carbons (Fsp3) is 0.491. The van der Waals surface area contributed by atoms with E-state index in [4.69, 9.17) is 43.3 Å². The minimum absolute atomic E-state index is 0.00187. The summed E-state index contributed by atoms with van der Waals surface area (Å²) in [7, 11) is 7.54. The van der Waals surface area contributed by atoms with Crippen molar-refractivity contribution < 1.29 is 103 Å². The summed E-state index contributed by atoms with van der Waals surface area (Å²) in [6.07, 6.45) is -26.1. The molecule has 5 aliphatic rings. The number of nitrogens with zero attached hydrogens (tertiary/aromatic N) is 2. The van der Waals surface area contributed by atoms with E-state index in [-0.39, 0.29) is 55.0 Å². The van der Waals surface area contributed by atoms with Crippen LogP contribution in [0.15, 0.2) is 83.3 Å². The van der Waals surface area contributed by atoms with Crippen LogP contribution in [-0.4, -0.2) is 231 Å². The Morgan fingerprint density at radius 3 is 2.05 bits per heavy atom. The number of anilines is 2. The average molecular weight is 1180 g/mol. The lowest BCUT2D eigenvalue weighted by atomic mass is 9.89. The number of nitrogens with two attached hydrogens (primary N) is 1. The van der Waals surface area contributed by atoms with Crippen molar-refractivity contribution >= 4 is 46.0 Å². The zero-order valence-electron chi connectivity index (χ0n) is 46.7. The number of carboxylic acids is 1. The van der Waals surface area contributed by atoms with Gasteiger partial charge in [-0.05, 0) is 55.0 Å². The molecule has 4 heterocycles. The quantitative estimate of drug-likeness (QED) is 0.0138. The molecule has 15 atom stereocenters. The number of aromatic carboxylic acids is 1. The summed E-state index contributed by atoms with van der Waals surface area (Å²) < 4.78 is 49.3. The molecule has 8 rings (SSSR count). The number of carbonyl (C=O) groups is 4. The highest BCUT2D eigenvalue weighted by molar-refractivity contribution is 6.09. The summed E-state index contributed by atoms with van der Waals surface area (Å²) >= 11 is 0. The zero-order chi connectivity index (χ0) is 60.7. The molecule has 0 aromatic heterocycles. The summed E-state index contributed by atoms with van der Waals surface area (Å²) in [6, 6.07) is 21.8. The summed E-state index contributed by atoms with van der Waals surface area (Å²) in [5, 5.41) is 109. The van der Waals surface area contributed by atoms with Gasteiger partial charge in [-0.15, -0.1) is 0 Å². The molecule has 0 bridgehead atoms. The first-order valence-corrected chi connectivity index (χ1v) is 27.1. The monoisotopic (exact) mass is 1180 g/mol. The van der Waals surface area contributed by atoms with Crippen LogP contribution < -0.4 is 41.6 Å². The van der Waals surface area contributed by atoms with Crippen LogP contribution in [0.4, 0.5) is 11.4 Å². The van der Waals surface area contributed by atoms with Gasteiger partial charge >= 0.3 is 0 Å². The third-order valence-electron chi connectivity index (χ3n) is 14.7. The SMILES string of the molecule is C[C@@H]1O[C@@H](O[C@H]2[C@H](OCCC(=O)NCCNC(=O)c3ccc(-c4c5ccc(=[N+](C)C)cc-5oc5cc(N(C)C)ccc45)c(C(=O)[O-])c3)O[C@H](CO)[C@H](O)[C@@H]2O[C@H]2O[C@H](COCCNC(=O)c3ccccc3N)[C@H](O)[C@H](O)[C@H]2O)[C@@H](O)[C@H](O)[C@@H]1O. The molecule has 3 saturated heterocycles. The number of amides is 3. The summed E-state index contributed by atoms with van der Waals surface area (Å²) in [6.45, 7) is -0.682. The van der Waals surface area contributed by atoms with Crippen LogP contribution in [-0.2, 0) is 38.0 Å². The number of nitrogens with one attached hydrogen (secondary N) is 3. The Morgan fingerprint density at radius 1 is 0.679 bits per heavy atom. The number of aliphatic hydroxyl groups excluding tert-OH is 8. The van der Waals surface area contributed by atoms with Crippen molar-refractivity contribution in [2.24, 2.45) is 0 Å². The predicted octanol–water partition coefficient (Wildman–Crippen LogP) is -3.57. The van der Waals surface area contributed by atoms with Crippen molar-refractivity contribution in [2.75, 3.05) is 84.9 Å². The van der Waals surface area contributed by atoms with Gasteiger partial charge in [-0.3, -0.25) is 14.4 Å². The second-order valence-corrected chi connectivity index (χ2v) is 20.9. The van der Waals surface area contributed by atoms with E-state index in [0.29, 0.717) is 33.4 Å². The van der Waals surface area contributed by atoms with Gasteiger partial charge in [0.05, 0.1) is 56.6 Å².